The predicted octanol–water partition coefficient (Wildman–Crippen LogP) is 1.75. The van der Waals surface area contributed by atoms with Gasteiger partial charge in [-0.15, -0.1) is 5.10 Å². The topological polar surface area (TPSA) is 63.1 Å². The van der Waals surface area contributed by atoms with Gasteiger partial charge in [-0.2, -0.15) is 0 Å². The number of hydrogen-bond acceptors (Lipinski definition) is 4. The van der Waals surface area contributed by atoms with Crippen LogP contribution in [0.15, 0.2) is 5.38 Å². The first kappa shape index (κ1) is 9.32. The fraction of sp³-hybridized carbons (Fsp3) is 0.250. The van der Waals surface area contributed by atoms with E-state index in [2.05, 4.69) is 21.2 Å². The monoisotopic (exact) mass is 180 g/mol. The van der Waals surface area contributed by atoms with Gasteiger partial charge >= 0.3 is 5.43 Å². The molecule has 1 rings (SSSR count). The lowest BCUT2D eigenvalue weighted by atomic mass is 10.6. The third-order valence-corrected chi connectivity index (χ3v) is 1.09. The molecule has 10 heavy (non-hydrogen) atoms. The van der Waals surface area contributed by atoms with E-state index in [0.29, 0.717) is 0 Å². The number of rotatable bonds is 0. The molecule has 0 saturated heterocycles. The molecule has 0 radical (unpaired) electrons. The molecule has 4 nitrogen and oxygen atoms in total. The van der Waals surface area contributed by atoms with Crippen LogP contribution in [0.2, 0.25) is 0 Å². The maximum absolute atomic E-state index is 8.77. The molecular weight excluding hydrogens is 176 g/mol. The summed E-state index contributed by atoms with van der Waals surface area (Å²) in [5.74, 6) is 0. The number of nitrogens with zero attached hydrogens (tertiary/aromatic N) is 2. The van der Waals surface area contributed by atoms with E-state index in [1.54, 1.807) is 0 Å². The smallest absolute Gasteiger partial charge is 0.401 e. The predicted molar refractivity (Wildman–Crippen MR) is 38.5 cm³/mol. The second-order valence-electron chi connectivity index (χ2n) is 1.30. The normalized spacial score (nSPS) is 7.80. The van der Waals surface area contributed by atoms with Gasteiger partial charge in [0.15, 0.2) is 0 Å². The average Bonchev–Trinajstić information content (AvgIpc) is 2.15. The van der Waals surface area contributed by atoms with Gasteiger partial charge in [-0.25, -0.2) is 4.79 Å². The zero-order chi connectivity index (χ0) is 7.98. The van der Waals surface area contributed by atoms with Crippen molar-refractivity contribution < 1.29 is 9.90 Å². The Morgan fingerprint density at radius 2 is 2.40 bits per heavy atom. The number of aryl methyl sites for hydroxylation is 1. The lowest BCUT2D eigenvalue weighted by molar-refractivity contribution is 0.220. The highest BCUT2D eigenvalue weighted by Crippen LogP contribution is 1.90. The molecule has 0 aliphatic carbocycles. The molecule has 6 heteroatoms. The van der Waals surface area contributed by atoms with Crippen LogP contribution < -0.4 is 0 Å². The van der Waals surface area contributed by atoms with Crippen LogP contribution in [-0.2, 0) is 0 Å². The van der Waals surface area contributed by atoms with Crippen molar-refractivity contribution >= 4 is 28.6 Å². The Morgan fingerprint density at radius 1 is 1.90 bits per heavy atom. The van der Waals surface area contributed by atoms with Crippen molar-refractivity contribution in [2.24, 2.45) is 0 Å². The summed E-state index contributed by atoms with van der Waals surface area (Å²) in [6, 6.07) is 0. The number of aromatic nitrogens is 2. The zero-order valence-electron chi connectivity index (χ0n) is 5.11. The first-order chi connectivity index (χ1) is 4.63. The molecule has 0 amide bonds. The summed E-state index contributed by atoms with van der Waals surface area (Å²) in [6.45, 7) is 1.92. The number of halogens is 1. The summed E-state index contributed by atoms with van der Waals surface area (Å²) < 4.78 is 3.61. The van der Waals surface area contributed by atoms with E-state index in [0.717, 1.165) is 5.69 Å². The van der Waals surface area contributed by atoms with Gasteiger partial charge in [-0.3, -0.25) is 0 Å². The Balaban J connectivity index is 0.000000180. The van der Waals surface area contributed by atoms with Crippen LogP contribution in [0.1, 0.15) is 5.69 Å². The van der Waals surface area contributed by atoms with Gasteiger partial charge < -0.3 is 5.11 Å². The molecule has 56 valence electrons. The van der Waals surface area contributed by atoms with Crippen LogP contribution in [0.3, 0.4) is 0 Å². The van der Waals surface area contributed by atoms with E-state index < -0.39 is 5.43 Å². The Labute approximate surface area is 66.6 Å². The van der Waals surface area contributed by atoms with Gasteiger partial charge in [0.05, 0.1) is 5.69 Å². The minimum atomic E-state index is -1.36. The number of carboxylic acid groups (broad SMARTS) is 1. The summed E-state index contributed by atoms with van der Waals surface area (Å²) in [6.07, 6.45) is 0. The van der Waals surface area contributed by atoms with Crippen molar-refractivity contribution in [2.75, 3.05) is 0 Å². The van der Waals surface area contributed by atoms with E-state index in [1.165, 1.54) is 11.5 Å². The Morgan fingerprint density at radius 3 is 2.50 bits per heavy atom. The molecule has 0 fully saturated rings. The van der Waals surface area contributed by atoms with Crippen LogP contribution in [0.4, 0.5) is 4.79 Å². The quantitative estimate of drug-likeness (QED) is 0.618. The van der Waals surface area contributed by atoms with E-state index in [1.807, 2.05) is 12.3 Å². The van der Waals surface area contributed by atoms with Crippen molar-refractivity contribution in [1.82, 2.24) is 9.59 Å². The summed E-state index contributed by atoms with van der Waals surface area (Å²) in [7, 11) is 0. The molecule has 0 unspecified atom stereocenters. The zero-order valence-corrected chi connectivity index (χ0v) is 6.69. The molecule has 0 aromatic carbocycles. The number of hydrogen-bond donors (Lipinski definition) is 1. The van der Waals surface area contributed by atoms with Gasteiger partial charge in [-0.05, 0) is 18.5 Å². The second kappa shape index (κ2) is 5.13. The second-order valence-corrected chi connectivity index (χ2v) is 2.23. The summed E-state index contributed by atoms with van der Waals surface area (Å²) in [5, 5.41) is 12.8. The van der Waals surface area contributed by atoms with Crippen molar-refractivity contribution in [3.8, 4) is 0 Å². The maximum Gasteiger partial charge on any atom is 0.401 e. The Kier molecular flexibility index (Phi) is 4.78. The highest BCUT2D eigenvalue weighted by Gasteiger charge is 1.78. The van der Waals surface area contributed by atoms with Gasteiger partial charge in [0.25, 0.3) is 0 Å². The standard InChI is InChI=1S/C3H4N2S.CHClO2/c1-3-2-6-5-4-3;2-1(3)4/h2H,1H3;(H,3,4). The molecule has 1 heterocycles. The highest BCUT2D eigenvalue weighted by atomic mass is 35.5. The third kappa shape index (κ3) is 7.32. The lowest BCUT2D eigenvalue weighted by Gasteiger charge is -1.61. The SMILES string of the molecule is Cc1csnn1.O=C(O)Cl. The number of carbonyl (C=O) groups is 1. The highest BCUT2D eigenvalue weighted by molar-refractivity contribution is 7.03. The van der Waals surface area contributed by atoms with Crippen molar-refractivity contribution in [3.05, 3.63) is 11.1 Å². The minimum absolute atomic E-state index is 1.00. The molecule has 0 atom stereocenters. The first-order valence-corrected chi connectivity index (χ1v) is 3.46. The Hall–Kier alpha value is -0.680. The van der Waals surface area contributed by atoms with Gasteiger partial charge in [0.1, 0.15) is 0 Å². The van der Waals surface area contributed by atoms with Crippen LogP contribution >= 0.6 is 23.1 Å². The lowest BCUT2D eigenvalue weighted by Crippen LogP contribution is -1.66. The largest absolute Gasteiger partial charge is 0.469 e. The summed E-state index contributed by atoms with van der Waals surface area (Å²) in [4.78, 5) is 8.77. The molecule has 1 aromatic heterocycles. The molecule has 0 aliphatic heterocycles. The van der Waals surface area contributed by atoms with Crippen molar-refractivity contribution in [2.45, 2.75) is 6.92 Å². The summed E-state index contributed by atoms with van der Waals surface area (Å²) >= 11 is 5.57. The van der Waals surface area contributed by atoms with Crippen molar-refractivity contribution in [3.63, 3.8) is 0 Å². The molecule has 1 N–H and O–H groups in total. The molecule has 0 spiro atoms. The van der Waals surface area contributed by atoms with E-state index in [4.69, 9.17) is 9.90 Å². The fourth-order valence-corrected chi connectivity index (χ4v) is 0.634. The molecule has 0 saturated carbocycles. The van der Waals surface area contributed by atoms with E-state index in [-0.39, 0.29) is 0 Å². The van der Waals surface area contributed by atoms with Crippen LogP contribution in [-0.4, -0.2) is 20.1 Å². The van der Waals surface area contributed by atoms with Gasteiger partial charge in [-0.1, -0.05) is 4.49 Å². The van der Waals surface area contributed by atoms with E-state index >= 15 is 0 Å². The first-order valence-electron chi connectivity index (χ1n) is 2.25. The van der Waals surface area contributed by atoms with E-state index in [9.17, 15) is 0 Å². The maximum atomic E-state index is 8.77. The van der Waals surface area contributed by atoms with Crippen LogP contribution in [0, 0.1) is 6.92 Å². The fourth-order valence-electron chi connectivity index (χ4n) is 0.211. The minimum Gasteiger partial charge on any atom is -0.469 e. The summed E-state index contributed by atoms with van der Waals surface area (Å²) in [5.41, 5.74) is -0.361. The van der Waals surface area contributed by atoms with Gasteiger partial charge in [0.2, 0.25) is 0 Å². The molecule has 1 aromatic rings. The molecular formula is C4H5ClN2O2S. The van der Waals surface area contributed by atoms with Crippen molar-refractivity contribution in [1.29, 1.82) is 0 Å². The van der Waals surface area contributed by atoms with Gasteiger partial charge in [0, 0.05) is 17.0 Å². The average molecular weight is 181 g/mol. The molecule has 0 aliphatic rings. The third-order valence-electron chi connectivity index (χ3n) is 0.469. The van der Waals surface area contributed by atoms with Crippen LogP contribution in [0.25, 0.3) is 0 Å². The Bertz CT molecular complexity index is 185. The molecule has 0 bridgehead atoms. The van der Waals surface area contributed by atoms with Crippen LogP contribution in [0.5, 0.6) is 0 Å².